The fraction of sp³-hybridized carbons (Fsp3) is 0.800. The number of rotatable bonds is 1. The Morgan fingerprint density at radius 1 is 1.33 bits per heavy atom. The Morgan fingerprint density at radius 2 is 2.07 bits per heavy atom. The maximum Gasteiger partial charge on any atom is 0.236 e. The number of piperidine rings is 1. The number of hydrogen-bond acceptors (Lipinski definition) is 2. The zero-order valence-corrected chi connectivity index (χ0v) is 10.4. The van der Waals surface area contributed by atoms with Crippen molar-refractivity contribution >= 4 is 27.7 Å². The summed E-state index contributed by atoms with van der Waals surface area (Å²) in [7, 11) is 1.81. The van der Waals surface area contributed by atoms with Gasteiger partial charge < -0.3 is 9.80 Å². The van der Waals surface area contributed by atoms with Gasteiger partial charge in [-0.2, -0.15) is 0 Å². The maximum absolute atomic E-state index is 11.8. The van der Waals surface area contributed by atoms with Crippen molar-refractivity contribution < 1.29 is 9.59 Å². The van der Waals surface area contributed by atoms with E-state index in [0.717, 1.165) is 19.4 Å². The van der Waals surface area contributed by atoms with Crippen molar-refractivity contribution in [1.29, 1.82) is 0 Å². The summed E-state index contributed by atoms with van der Waals surface area (Å²) >= 11 is 3.37. The van der Waals surface area contributed by atoms with Crippen LogP contribution in [0.1, 0.15) is 19.3 Å². The highest BCUT2D eigenvalue weighted by Gasteiger charge is 2.36. The Hall–Kier alpha value is -0.580. The minimum Gasteiger partial charge on any atom is -0.344 e. The molecule has 0 N–H and O–H groups in total. The van der Waals surface area contributed by atoms with Crippen LogP contribution >= 0.6 is 15.9 Å². The first kappa shape index (κ1) is 10.9. The normalized spacial score (nSPS) is 32.7. The fourth-order valence-corrected chi connectivity index (χ4v) is 2.74. The van der Waals surface area contributed by atoms with Gasteiger partial charge in [-0.25, -0.2) is 0 Å². The molecule has 0 aliphatic carbocycles. The van der Waals surface area contributed by atoms with Crippen molar-refractivity contribution in [2.45, 2.75) is 30.1 Å². The second kappa shape index (κ2) is 4.12. The van der Waals surface area contributed by atoms with E-state index >= 15 is 0 Å². The van der Waals surface area contributed by atoms with Gasteiger partial charge in [0.15, 0.2) is 0 Å². The number of nitrogens with zero attached hydrogens (tertiary/aromatic N) is 2. The third-order valence-electron chi connectivity index (χ3n) is 3.22. The first-order valence-corrected chi connectivity index (χ1v) is 6.19. The lowest BCUT2D eigenvalue weighted by Gasteiger charge is -2.35. The molecular weight excluding hydrogens is 260 g/mol. The SMILES string of the molecule is CN1CC(N2CCC(Br)C2=O)CCC1=O. The first-order chi connectivity index (χ1) is 7.09. The fourth-order valence-electron chi connectivity index (χ4n) is 2.27. The van der Waals surface area contributed by atoms with E-state index in [0.29, 0.717) is 13.0 Å². The molecule has 2 aliphatic heterocycles. The van der Waals surface area contributed by atoms with E-state index < -0.39 is 0 Å². The highest BCUT2D eigenvalue weighted by molar-refractivity contribution is 9.10. The van der Waals surface area contributed by atoms with E-state index in [4.69, 9.17) is 0 Å². The Bertz CT molecular complexity index is 295. The number of halogens is 1. The molecule has 5 heteroatoms. The Morgan fingerprint density at radius 3 is 2.60 bits per heavy atom. The van der Waals surface area contributed by atoms with Crippen molar-refractivity contribution in [2.75, 3.05) is 20.1 Å². The minimum absolute atomic E-state index is 0.0135. The Labute approximate surface area is 97.7 Å². The molecule has 84 valence electrons. The molecule has 2 rings (SSSR count). The summed E-state index contributed by atoms with van der Waals surface area (Å²) in [6.07, 6.45) is 2.26. The Balaban J connectivity index is 2.00. The van der Waals surface area contributed by atoms with Gasteiger partial charge in [0.05, 0.1) is 4.83 Å². The molecule has 2 unspecified atom stereocenters. The van der Waals surface area contributed by atoms with E-state index in [2.05, 4.69) is 15.9 Å². The van der Waals surface area contributed by atoms with E-state index in [1.807, 2.05) is 4.90 Å². The second-order valence-electron chi connectivity index (χ2n) is 4.25. The van der Waals surface area contributed by atoms with Gasteiger partial charge in [0.2, 0.25) is 11.8 Å². The summed E-state index contributed by atoms with van der Waals surface area (Å²) in [6, 6.07) is 0.225. The molecule has 0 aromatic rings. The van der Waals surface area contributed by atoms with Crippen LogP contribution in [0, 0.1) is 0 Å². The van der Waals surface area contributed by atoms with Gasteiger partial charge in [-0.3, -0.25) is 9.59 Å². The van der Waals surface area contributed by atoms with Gasteiger partial charge in [0.25, 0.3) is 0 Å². The van der Waals surface area contributed by atoms with Crippen LogP contribution in [0.5, 0.6) is 0 Å². The van der Waals surface area contributed by atoms with Gasteiger partial charge in [-0.05, 0) is 12.8 Å². The zero-order chi connectivity index (χ0) is 11.0. The second-order valence-corrected chi connectivity index (χ2v) is 5.36. The molecule has 4 nitrogen and oxygen atoms in total. The lowest BCUT2D eigenvalue weighted by atomic mass is 10.0. The molecule has 0 saturated carbocycles. The number of alkyl halides is 1. The number of carbonyl (C=O) groups excluding carboxylic acids is 2. The van der Waals surface area contributed by atoms with Crippen molar-refractivity contribution in [1.82, 2.24) is 9.80 Å². The van der Waals surface area contributed by atoms with E-state index in [1.165, 1.54) is 0 Å². The third kappa shape index (κ3) is 2.02. The molecule has 2 aliphatic rings. The number of likely N-dealkylation sites (tertiary alicyclic amines) is 2. The summed E-state index contributed by atoms with van der Waals surface area (Å²) < 4.78 is 0. The van der Waals surface area contributed by atoms with Crippen LogP contribution in [0.2, 0.25) is 0 Å². The first-order valence-electron chi connectivity index (χ1n) is 5.28. The summed E-state index contributed by atoms with van der Waals surface area (Å²) in [4.78, 5) is 26.7. The van der Waals surface area contributed by atoms with Gasteiger partial charge in [0.1, 0.15) is 0 Å². The molecule has 0 radical (unpaired) electrons. The monoisotopic (exact) mass is 274 g/mol. The van der Waals surface area contributed by atoms with Crippen molar-refractivity contribution in [3.63, 3.8) is 0 Å². The third-order valence-corrected chi connectivity index (χ3v) is 4.07. The van der Waals surface area contributed by atoms with Crippen molar-refractivity contribution in [2.24, 2.45) is 0 Å². The van der Waals surface area contributed by atoms with E-state index in [1.54, 1.807) is 11.9 Å². The molecule has 2 saturated heterocycles. The molecule has 0 spiro atoms. The molecule has 2 amide bonds. The largest absolute Gasteiger partial charge is 0.344 e. The van der Waals surface area contributed by atoms with Gasteiger partial charge in [0, 0.05) is 32.6 Å². The lowest BCUT2D eigenvalue weighted by Crippen LogP contribution is -2.49. The number of carbonyl (C=O) groups is 2. The molecular formula is C10H15BrN2O2. The summed E-state index contributed by atoms with van der Waals surface area (Å²) in [5.41, 5.74) is 0. The number of amides is 2. The predicted molar refractivity (Wildman–Crippen MR) is 59.7 cm³/mol. The number of likely N-dealkylation sites (N-methyl/N-ethyl adjacent to an activating group) is 1. The van der Waals surface area contributed by atoms with Crippen LogP contribution in [-0.4, -0.2) is 52.6 Å². The van der Waals surface area contributed by atoms with Crippen LogP contribution < -0.4 is 0 Å². The lowest BCUT2D eigenvalue weighted by molar-refractivity contribution is -0.138. The van der Waals surface area contributed by atoms with E-state index in [9.17, 15) is 9.59 Å². The molecule has 0 aromatic carbocycles. The summed E-state index contributed by atoms with van der Waals surface area (Å²) in [5, 5.41) is 0. The molecule has 2 heterocycles. The minimum atomic E-state index is -0.0135. The van der Waals surface area contributed by atoms with Crippen LogP contribution in [0.3, 0.4) is 0 Å². The van der Waals surface area contributed by atoms with Crippen molar-refractivity contribution in [3.05, 3.63) is 0 Å². The molecule has 0 bridgehead atoms. The quantitative estimate of drug-likeness (QED) is 0.658. The highest BCUT2D eigenvalue weighted by atomic mass is 79.9. The molecule has 2 fully saturated rings. The zero-order valence-electron chi connectivity index (χ0n) is 8.78. The topological polar surface area (TPSA) is 40.6 Å². The molecule has 15 heavy (non-hydrogen) atoms. The summed E-state index contributed by atoms with van der Waals surface area (Å²) in [6.45, 7) is 1.51. The summed E-state index contributed by atoms with van der Waals surface area (Å²) in [5.74, 6) is 0.371. The smallest absolute Gasteiger partial charge is 0.236 e. The van der Waals surface area contributed by atoms with Crippen molar-refractivity contribution in [3.8, 4) is 0 Å². The van der Waals surface area contributed by atoms with Gasteiger partial charge in [-0.1, -0.05) is 15.9 Å². The van der Waals surface area contributed by atoms with Gasteiger partial charge >= 0.3 is 0 Å². The van der Waals surface area contributed by atoms with Crippen LogP contribution in [0.25, 0.3) is 0 Å². The standard InChI is InChI=1S/C10H15BrN2O2/c1-12-6-7(2-3-9(12)14)13-5-4-8(11)10(13)15/h7-8H,2-6H2,1H3. The maximum atomic E-state index is 11.8. The van der Waals surface area contributed by atoms with E-state index in [-0.39, 0.29) is 22.7 Å². The predicted octanol–water partition coefficient (Wildman–Crippen LogP) is 0.603. The average Bonchev–Trinajstić information content (AvgIpc) is 2.53. The van der Waals surface area contributed by atoms with Crippen LogP contribution in [-0.2, 0) is 9.59 Å². The van der Waals surface area contributed by atoms with Crippen LogP contribution in [0.15, 0.2) is 0 Å². The number of hydrogen-bond donors (Lipinski definition) is 0. The van der Waals surface area contributed by atoms with Gasteiger partial charge in [-0.15, -0.1) is 0 Å². The Kier molecular flexibility index (Phi) is 3.00. The molecule has 0 aromatic heterocycles. The average molecular weight is 275 g/mol. The van der Waals surface area contributed by atoms with Crippen LogP contribution in [0.4, 0.5) is 0 Å². The highest BCUT2D eigenvalue weighted by Crippen LogP contribution is 2.24. The molecule has 2 atom stereocenters.